The van der Waals surface area contributed by atoms with Crippen molar-refractivity contribution >= 4 is 11.8 Å². The van der Waals surface area contributed by atoms with Crippen molar-refractivity contribution < 1.29 is 14.3 Å². The van der Waals surface area contributed by atoms with E-state index >= 15 is 0 Å². The molecule has 0 atom stereocenters. The van der Waals surface area contributed by atoms with Gasteiger partial charge in [-0.1, -0.05) is 30.3 Å². The van der Waals surface area contributed by atoms with Gasteiger partial charge in [0.25, 0.3) is 0 Å². The first-order valence-corrected chi connectivity index (χ1v) is 6.82. The summed E-state index contributed by atoms with van der Waals surface area (Å²) in [5.74, 6) is -0.102. The van der Waals surface area contributed by atoms with Crippen LogP contribution in [0.4, 0.5) is 0 Å². The molecule has 1 aromatic rings. The predicted molar refractivity (Wildman–Crippen MR) is 74.9 cm³/mol. The lowest BCUT2D eigenvalue weighted by Gasteiger charge is -2.29. The van der Waals surface area contributed by atoms with Gasteiger partial charge < -0.3 is 14.5 Å². The molecule has 1 fully saturated rings. The van der Waals surface area contributed by atoms with Gasteiger partial charge in [0, 0.05) is 26.6 Å². The highest BCUT2D eigenvalue weighted by Gasteiger charge is 2.21. The van der Waals surface area contributed by atoms with E-state index in [0.29, 0.717) is 32.8 Å². The zero-order valence-corrected chi connectivity index (χ0v) is 11.7. The second-order valence-electron chi connectivity index (χ2n) is 4.85. The molecule has 0 aromatic heterocycles. The Hall–Kier alpha value is -1.88. The van der Waals surface area contributed by atoms with Gasteiger partial charge in [-0.3, -0.25) is 9.59 Å². The number of morpholine rings is 1. The van der Waals surface area contributed by atoms with Gasteiger partial charge in [-0.05, 0) is 5.56 Å². The Morgan fingerprint density at radius 3 is 2.45 bits per heavy atom. The van der Waals surface area contributed by atoms with E-state index in [1.807, 2.05) is 30.3 Å². The van der Waals surface area contributed by atoms with E-state index in [1.54, 1.807) is 9.80 Å². The van der Waals surface area contributed by atoms with Gasteiger partial charge in [0.1, 0.15) is 6.54 Å². The van der Waals surface area contributed by atoms with Crippen molar-refractivity contribution in [3.63, 3.8) is 0 Å². The molecule has 0 spiro atoms. The van der Waals surface area contributed by atoms with Crippen LogP contribution >= 0.6 is 0 Å². The van der Waals surface area contributed by atoms with E-state index in [2.05, 4.69) is 0 Å². The lowest BCUT2D eigenvalue weighted by Crippen LogP contribution is -2.46. The number of carbonyl (C=O) groups excluding carboxylic acids is 2. The molecule has 1 aliphatic heterocycles. The Labute approximate surface area is 119 Å². The standard InChI is InChI=1S/C15H20N2O3/c1-13(18)17(11-14-5-3-2-4-6-14)12-15(19)16-7-9-20-10-8-16/h2-6H,7-12H2,1H3. The number of ether oxygens (including phenoxy) is 1. The van der Waals surface area contributed by atoms with Crippen LogP contribution in [0.25, 0.3) is 0 Å². The van der Waals surface area contributed by atoms with Crippen LogP contribution in [0.3, 0.4) is 0 Å². The smallest absolute Gasteiger partial charge is 0.242 e. The summed E-state index contributed by atoms with van der Waals surface area (Å²) in [6.07, 6.45) is 0. The minimum atomic E-state index is -0.0875. The van der Waals surface area contributed by atoms with E-state index in [1.165, 1.54) is 6.92 Å². The summed E-state index contributed by atoms with van der Waals surface area (Å²) in [5.41, 5.74) is 1.03. The van der Waals surface area contributed by atoms with Gasteiger partial charge in [0.15, 0.2) is 0 Å². The van der Waals surface area contributed by atoms with Crippen LogP contribution in [0.2, 0.25) is 0 Å². The third kappa shape index (κ3) is 4.06. The number of amides is 2. The molecule has 0 N–H and O–H groups in total. The van der Waals surface area contributed by atoms with Crippen molar-refractivity contribution in [1.82, 2.24) is 9.80 Å². The van der Waals surface area contributed by atoms with Gasteiger partial charge in [-0.15, -0.1) is 0 Å². The normalized spacial score (nSPS) is 14.9. The van der Waals surface area contributed by atoms with Crippen molar-refractivity contribution in [3.8, 4) is 0 Å². The van der Waals surface area contributed by atoms with Crippen LogP contribution < -0.4 is 0 Å². The van der Waals surface area contributed by atoms with Gasteiger partial charge in [0.05, 0.1) is 13.2 Å². The average molecular weight is 276 g/mol. The molecule has 20 heavy (non-hydrogen) atoms. The first kappa shape index (κ1) is 14.5. The molecule has 5 heteroatoms. The highest BCUT2D eigenvalue weighted by molar-refractivity contribution is 5.83. The summed E-state index contributed by atoms with van der Waals surface area (Å²) < 4.78 is 5.22. The van der Waals surface area contributed by atoms with Crippen LogP contribution in [0.5, 0.6) is 0 Å². The Kier molecular flexibility index (Phi) is 5.12. The van der Waals surface area contributed by atoms with Crippen molar-refractivity contribution in [2.24, 2.45) is 0 Å². The molecular weight excluding hydrogens is 256 g/mol. The van der Waals surface area contributed by atoms with Crippen LogP contribution in [0.15, 0.2) is 30.3 Å². The average Bonchev–Trinajstić information content (AvgIpc) is 2.48. The van der Waals surface area contributed by atoms with Crippen LogP contribution in [0, 0.1) is 0 Å². The van der Waals surface area contributed by atoms with Crippen molar-refractivity contribution in [3.05, 3.63) is 35.9 Å². The zero-order valence-electron chi connectivity index (χ0n) is 11.7. The molecule has 2 amide bonds. The number of rotatable bonds is 4. The first-order valence-electron chi connectivity index (χ1n) is 6.82. The number of hydrogen-bond donors (Lipinski definition) is 0. The van der Waals surface area contributed by atoms with Gasteiger partial charge in [-0.2, -0.15) is 0 Å². The van der Waals surface area contributed by atoms with Gasteiger partial charge in [0.2, 0.25) is 11.8 Å². The van der Waals surface area contributed by atoms with E-state index in [0.717, 1.165) is 5.56 Å². The summed E-state index contributed by atoms with van der Waals surface area (Å²) in [5, 5.41) is 0. The van der Waals surface area contributed by atoms with Crippen molar-refractivity contribution in [1.29, 1.82) is 0 Å². The summed E-state index contributed by atoms with van der Waals surface area (Å²) in [4.78, 5) is 27.2. The molecule has 1 saturated heterocycles. The Balaban J connectivity index is 1.95. The maximum atomic E-state index is 12.2. The monoisotopic (exact) mass is 276 g/mol. The number of hydrogen-bond acceptors (Lipinski definition) is 3. The van der Waals surface area contributed by atoms with Crippen LogP contribution in [0.1, 0.15) is 12.5 Å². The van der Waals surface area contributed by atoms with E-state index in [-0.39, 0.29) is 18.4 Å². The molecule has 0 bridgehead atoms. The minimum Gasteiger partial charge on any atom is -0.378 e. The Morgan fingerprint density at radius 2 is 1.85 bits per heavy atom. The summed E-state index contributed by atoms with van der Waals surface area (Å²) >= 11 is 0. The molecule has 0 saturated carbocycles. The minimum absolute atomic E-state index is 0.0144. The largest absolute Gasteiger partial charge is 0.378 e. The van der Waals surface area contributed by atoms with Crippen LogP contribution in [-0.4, -0.2) is 54.5 Å². The van der Waals surface area contributed by atoms with E-state index in [9.17, 15) is 9.59 Å². The molecule has 108 valence electrons. The zero-order chi connectivity index (χ0) is 14.4. The SMILES string of the molecule is CC(=O)N(CC(=O)N1CCOCC1)Cc1ccccc1. The molecule has 2 rings (SSSR count). The van der Waals surface area contributed by atoms with Gasteiger partial charge >= 0.3 is 0 Å². The van der Waals surface area contributed by atoms with E-state index < -0.39 is 0 Å². The second kappa shape index (κ2) is 7.05. The molecular formula is C15H20N2O3. The molecule has 0 aliphatic carbocycles. The highest BCUT2D eigenvalue weighted by Crippen LogP contribution is 2.06. The fourth-order valence-electron chi connectivity index (χ4n) is 2.16. The predicted octanol–water partition coefficient (Wildman–Crippen LogP) is 0.894. The molecule has 0 unspecified atom stereocenters. The summed E-state index contributed by atoms with van der Waals surface area (Å²) in [7, 11) is 0. The summed E-state index contributed by atoms with van der Waals surface area (Å²) in [6, 6.07) is 9.69. The third-order valence-corrected chi connectivity index (χ3v) is 3.35. The fourth-order valence-corrected chi connectivity index (χ4v) is 2.16. The maximum absolute atomic E-state index is 12.2. The topological polar surface area (TPSA) is 49.9 Å². The molecule has 0 radical (unpaired) electrons. The molecule has 5 nitrogen and oxygen atoms in total. The van der Waals surface area contributed by atoms with Crippen molar-refractivity contribution in [2.45, 2.75) is 13.5 Å². The highest BCUT2D eigenvalue weighted by atomic mass is 16.5. The van der Waals surface area contributed by atoms with Crippen LogP contribution in [-0.2, 0) is 20.9 Å². The lowest BCUT2D eigenvalue weighted by molar-refractivity contribution is -0.142. The third-order valence-electron chi connectivity index (χ3n) is 3.35. The number of carbonyl (C=O) groups is 2. The lowest BCUT2D eigenvalue weighted by atomic mass is 10.2. The number of nitrogens with zero attached hydrogens (tertiary/aromatic N) is 2. The first-order chi connectivity index (χ1) is 9.66. The second-order valence-corrected chi connectivity index (χ2v) is 4.85. The van der Waals surface area contributed by atoms with Crippen molar-refractivity contribution in [2.75, 3.05) is 32.8 Å². The molecule has 1 heterocycles. The molecule has 1 aliphatic rings. The molecule has 1 aromatic carbocycles. The summed E-state index contributed by atoms with van der Waals surface area (Å²) in [6.45, 7) is 4.45. The Bertz CT molecular complexity index is 455. The Morgan fingerprint density at radius 1 is 1.20 bits per heavy atom. The quantitative estimate of drug-likeness (QED) is 0.821. The van der Waals surface area contributed by atoms with Gasteiger partial charge in [-0.25, -0.2) is 0 Å². The maximum Gasteiger partial charge on any atom is 0.242 e. The fraction of sp³-hybridized carbons (Fsp3) is 0.467. The van der Waals surface area contributed by atoms with E-state index in [4.69, 9.17) is 4.74 Å². The number of benzene rings is 1.